The number of aromatic nitrogens is 3. The lowest BCUT2D eigenvalue weighted by Gasteiger charge is -2.11. The quantitative estimate of drug-likeness (QED) is 0.596. The smallest absolute Gasteiger partial charge is 0.167 e. The van der Waals surface area contributed by atoms with Crippen LogP contribution >= 0.6 is 11.6 Å². The summed E-state index contributed by atoms with van der Waals surface area (Å²) >= 11 is 6.05. The van der Waals surface area contributed by atoms with Gasteiger partial charge in [0.25, 0.3) is 0 Å². The molecule has 0 saturated heterocycles. The number of allylic oxidation sites excluding steroid dienone is 4. The third-order valence-electron chi connectivity index (χ3n) is 4.09. The molecule has 26 heavy (non-hydrogen) atoms. The summed E-state index contributed by atoms with van der Waals surface area (Å²) in [6.07, 6.45) is 8.09. The van der Waals surface area contributed by atoms with Crippen molar-refractivity contribution in [2.75, 3.05) is 0 Å². The molecule has 1 aromatic heterocycles. The molecule has 0 spiro atoms. The Morgan fingerprint density at radius 2 is 1.62 bits per heavy atom. The van der Waals surface area contributed by atoms with E-state index >= 15 is 0 Å². The van der Waals surface area contributed by atoms with Gasteiger partial charge in [-0.05, 0) is 31.0 Å². The second kappa shape index (κ2) is 7.18. The fourth-order valence-corrected chi connectivity index (χ4v) is 2.96. The SMILES string of the molecule is Fc1ccc(Cl)cc1-c1nc(C2=CCCC=C2)nc(-c2ccccc2)n1. The summed E-state index contributed by atoms with van der Waals surface area (Å²) in [5.41, 5.74) is 2.03. The lowest BCUT2D eigenvalue weighted by molar-refractivity contribution is 0.630. The Bertz CT molecular complexity index is 1010. The van der Waals surface area contributed by atoms with Crippen LogP contribution in [0.2, 0.25) is 5.02 Å². The summed E-state index contributed by atoms with van der Waals surface area (Å²) in [4.78, 5) is 13.6. The van der Waals surface area contributed by atoms with Gasteiger partial charge in [0.1, 0.15) is 5.82 Å². The van der Waals surface area contributed by atoms with E-state index in [0.717, 1.165) is 24.0 Å². The van der Waals surface area contributed by atoms with Gasteiger partial charge >= 0.3 is 0 Å². The molecule has 0 unspecified atom stereocenters. The zero-order chi connectivity index (χ0) is 17.9. The fourth-order valence-electron chi connectivity index (χ4n) is 2.79. The molecule has 0 N–H and O–H groups in total. The van der Waals surface area contributed by atoms with Gasteiger partial charge < -0.3 is 0 Å². The van der Waals surface area contributed by atoms with Crippen LogP contribution in [0.4, 0.5) is 4.39 Å². The van der Waals surface area contributed by atoms with E-state index in [1.165, 1.54) is 18.2 Å². The first kappa shape index (κ1) is 16.6. The van der Waals surface area contributed by atoms with E-state index in [-0.39, 0.29) is 11.4 Å². The van der Waals surface area contributed by atoms with E-state index < -0.39 is 5.82 Å². The Morgan fingerprint density at radius 1 is 0.846 bits per heavy atom. The van der Waals surface area contributed by atoms with Crippen LogP contribution in [-0.2, 0) is 0 Å². The van der Waals surface area contributed by atoms with E-state index in [9.17, 15) is 4.39 Å². The normalized spacial score (nSPS) is 13.5. The molecule has 0 amide bonds. The molecular formula is C21H15ClFN3. The van der Waals surface area contributed by atoms with Crippen molar-refractivity contribution in [3.63, 3.8) is 0 Å². The lowest BCUT2D eigenvalue weighted by atomic mass is 10.1. The van der Waals surface area contributed by atoms with Gasteiger partial charge in [0.15, 0.2) is 17.5 Å². The number of benzene rings is 2. The van der Waals surface area contributed by atoms with Gasteiger partial charge in [-0.25, -0.2) is 19.3 Å². The highest BCUT2D eigenvalue weighted by Crippen LogP contribution is 2.27. The summed E-state index contributed by atoms with van der Waals surface area (Å²) in [6.45, 7) is 0. The second-order valence-corrected chi connectivity index (χ2v) is 6.37. The van der Waals surface area contributed by atoms with Crippen LogP contribution < -0.4 is 0 Å². The van der Waals surface area contributed by atoms with Crippen molar-refractivity contribution < 1.29 is 4.39 Å². The zero-order valence-electron chi connectivity index (χ0n) is 13.9. The van der Waals surface area contributed by atoms with Crippen LogP contribution in [-0.4, -0.2) is 15.0 Å². The Kier molecular flexibility index (Phi) is 4.59. The van der Waals surface area contributed by atoms with E-state index in [0.29, 0.717) is 16.7 Å². The van der Waals surface area contributed by atoms with Crippen molar-refractivity contribution >= 4 is 17.2 Å². The highest BCUT2D eigenvalue weighted by molar-refractivity contribution is 6.30. The van der Waals surface area contributed by atoms with Gasteiger partial charge in [0.2, 0.25) is 0 Å². The van der Waals surface area contributed by atoms with Gasteiger partial charge in [0, 0.05) is 16.2 Å². The monoisotopic (exact) mass is 363 g/mol. The van der Waals surface area contributed by atoms with Crippen LogP contribution in [0.5, 0.6) is 0 Å². The summed E-state index contributed by atoms with van der Waals surface area (Å²) < 4.78 is 14.4. The first-order valence-corrected chi connectivity index (χ1v) is 8.72. The summed E-state index contributed by atoms with van der Waals surface area (Å²) in [5.74, 6) is 0.890. The van der Waals surface area contributed by atoms with Crippen LogP contribution in [0.25, 0.3) is 28.3 Å². The van der Waals surface area contributed by atoms with Gasteiger partial charge in [0.05, 0.1) is 5.56 Å². The molecule has 0 saturated carbocycles. The minimum Gasteiger partial charge on any atom is -0.208 e. The van der Waals surface area contributed by atoms with Crippen molar-refractivity contribution in [3.8, 4) is 22.8 Å². The molecule has 1 heterocycles. The number of hydrogen-bond donors (Lipinski definition) is 0. The van der Waals surface area contributed by atoms with E-state index in [1.807, 2.05) is 36.4 Å². The van der Waals surface area contributed by atoms with Crippen molar-refractivity contribution in [2.24, 2.45) is 0 Å². The van der Waals surface area contributed by atoms with Crippen LogP contribution in [0, 0.1) is 5.82 Å². The van der Waals surface area contributed by atoms with Crippen molar-refractivity contribution in [1.29, 1.82) is 0 Å². The predicted molar refractivity (Wildman–Crippen MR) is 102 cm³/mol. The Morgan fingerprint density at radius 3 is 2.38 bits per heavy atom. The van der Waals surface area contributed by atoms with E-state index in [1.54, 1.807) is 0 Å². The second-order valence-electron chi connectivity index (χ2n) is 5.94. The van der Waals surface area contributed by atoms with E-state index in [4.69, 9.17) is 11.6 Å². The third kappa shape index (κ3) is 3.41. The highest BCUT2D eigenvalue weighted by Gasteiger charge is 2.16. The first-order valence-electron chi connectivity index (χ1n) is 8.35. The maximum absolute atomic E-state index is 14.4. The molecule has 1 aliphatic carbocycles. The minimum absolute atomic E-state index is 0.263. The topological polar surface area (TPSA) is 38.7 Å². The predicted octanol–water partition coefficient (Wildman–Crippen LogP) is 5.73. The Balaban J connectivity index is 1.92. The molecule has 5 heteroatoms. The molecule has 3 nitrogen and oxygen atoms in total. The van der Waals surface area contributed by atoms with E-state index in [2.05, 4.69) is 27.1 Å². The van der Waals surface area contributed by atoms with Crippen molar-refractivity contribution in [1.82, 2.24) is 15.0 Å². The fraction of sp³-hybridized carbons (Fsp3) is 0.0952. The Hall–Kier alpha value is -2.85. The van der Waals surface area contributed by atoms with Gasteiger partial charge in [-0.2, -0.15) is 0 Å². The molecule has 0 radical (unpaired) electrons. The van der Waals surface area contributed by atoms with Crippen molar-refractivity contribution in [3.05, 3.63) is 83.4 Å². The lowest BCUT2D eigenvalue weighted by Crippen LogP contribution is -2.03. The summed E-state index contributed by atoms with van der Waals surface area (Å²) in [5, 5.41) is 0.432. The maximum atomic E-state index is 14.4. The van der Waals surface area contributed by atoms with Crippen molar-refractivity contribution in [2.45, 2.75) is 12.8 Å². The third-order valence-corrected chi connectivity index (χ3v) is 4.32. The molecule has 0 aliphatic heterocycles. The number of rotatable bonds is 3. The van der Waals surface area contributed by atoms with Gasteiger partial charge in [-0.3, -0.25) is 0 Å². The van der Waals surface area contributed by atoms with Crippen LogP contribution in [0.3, 0.4) is 0 Å². The molecule has 0 bridgehead atoms. The largest absolute Gasteiger partial charge is 0.208 e. The van der Waals surface area contributed by atoms with Gasteiger partial charge in [-0.1, -0.05) is 60.2 Å². The molecule has 4 rings (SSSR count). The molecule has 0 fully saturated rings. The standard InChI is InChI=1S/C21H15ClFN3/c22-16-11-12-18(23)17(13-16)21-25-19(14-7-3-1-4-8-14)24-20(26-21)15-9-5-2-6-10-15/h1,3-5,7-13H,2,6H2. The Labute approximate surface area is 155 Å². The first-order chi connectivity index (χ1) is 12.7. The van der Waals surface area contributed by atoms with Crippen LogP contribution in [0.1, 0.15) is 18.7 Å². The zero-order valence-corrected chi connectivity index (χ0v) is 14.6. The summed E-state index contributed by atoms with van der Waals surface area (Å²) in [6, 6.07) is 14.0. The number of halogens is 2. The average molecular weight is 364 g/mol. The summed E-state index contributed by atoms with van der Waals surface area (Å²) in [7, 11) is 0. The number of nitrogens with zero attached hydrogens (tertiary/aromatic N) is 3. The maximum Gasteiger partial charge on any atom is 0.167 e. The molecule has 0 atom stereocenters. The average Bonchev–Trinajstić information content (AvgIpc) is 2.71. The highest BCUT2D eigenvalue weighted by atomic mass is 35.5. The molecule has 3 aromatic rings. The minimum atomic E-state index is -0.418. The van der Waals surface area contributed by atoms with Crippen LogP contribution in [0.15, 0.2) is 66.8 Å². The van der Waals surface area contributed by atoms with Gasteiger partial charge in [-0.15, -0.1) is 0 Å². The number of hydrogen-bond acceptors (Lipinski definition) is 3. The molecule has 2 aromatic carbocycles. The molecule has 1 aliphatic rings. The molecular weight excluding hydrogens is 349 g/mol. The molecule has 128 valence electrons.